The maximum Gasteiger partial charge on any atom is 0.305 e. The molecule has 0 aliphatic heterocycles. The zero-order chi connectivity index (χ0) is 41.1. The number of amides is 7. The maximum absolute atomic E-state index is 13.7. The molecule has 1 aromatic carbocycles. The van der Waals surface area contributed by atoms with Crippen molar-refractivity contribution in [3.8, 4) is 0 Å². The van der Waals surface area contributed by atoms with Crippen molar-refractivity contribution in [2.24, 2.45) is 23.3 Å². The van der Waals surface area contributed by atoms with Crippen LogP contribution < -0.4 is 43.4 Å². The minimum absolute atomic E-state index is 0.0454. The molecule has 0 saturated carbocycles. The van der Waals surface area contributed by atoms with Crippen LogP contribution in [0.4, 0.5) is 4.39 Å². The second-order valence-electron chi connectivity index (χ2n) is 13.6. The fourth-order valence-electron chi connectivity index (χ4n) is 5.06. The number of primary amides is 1. The van der Waals surface area contributed by atoms with Gasteiger partial charge in [0.2, 0.25) is 41.4 Å². The Morgan fingerprint density at radius 2 is 1.31 bits per heavy atom. The number of rotatable bonds is 24. The van der Waals surface area contributed by atoms with Crippen LogP contribution in [-0.2, 0) is 44.8 Å². The summed E-state index contributed by atoms with van der Waals surface area (Å²) >= 11 is 0. The highest BCUT2D eigenvalue weighted by Gasteiger charge is 2.33. The molecule has 0 aliphatic rings. The van der Waals surface area contributed by atoms with Crippen LogP contribution in [0, 0.1) is 17.7 Å². The van der Waals surface area contributed by atoms with Crippen molar-refractivity contribution in [1.82, 2.24) is 31.9 Å². The third-order valence-electron chi connectivity index (χ3n) is 8.07. The van der Waals surface area contributed by atoms with Gasteiger partial charge in [-0.05, 0) is 42.4 Å². The number of nitrogens with one attached hydrogen (secondary N) is 6. The number of carbonyl (C=O) groups is 8. The van der Waals surface area contributed by atoms with E-state index < -0.39 is 115 Å². The summed E-state index contributed by atoms with van der Waals surface area (Å²) < 4.78 is 13.6. The first-order chi connectivity index (χ1) is 25.3. The summed E-state index contributed by atoms with van der Waals surface area (Å²) in [6, 6.07) is -3.03. The van der Waals surface area contributed by atoms with Crippen LogP contribution in [0.3, 0.4) is 0 Å². The zero-order valence-corrected chi connectivity index (χ0v) is 31.3. The normalized spacial score (nSPS) is 14.4. The summed E-state index contributed by atoms with van der Waals surface area (Å²) in [5.41, 5.74) is 11.3. The molecule has 0 saturated heterocycles. The SMILES string of the molecule is CCCC[C@H](NC(=O)[C@H](CC(C)C)NC(=O)CNC(=O)[C@@H](NC(=O)[C@H](Cc1ccc(F)cc1)NC(=O)[C@H](CC(=O)O)NC(=O)[C@@H](N)CO)C(C)C)C(N)=O. The number of aliphatic hydroxyl groups excluding tert-OH is 1. The Hall–Kier alpha value is -5.17. The van der Waals surface area contributed by atoms with E-state index in [1.165, 1.54) is 12.1 Å². The van der Waals surface area contributed by atoms with Crippen molar-refractivity contribution in [1.29, 1.82) is 0 Å². The van der Waals surface area contributed by atoms with Crippen LogP contribution >= 0.6 is 0 Å². The van der Waals surface area contributed by atoms with Crippen molar-refractivity contribution < 1.29 is 53.0 Å². The van der Waals surface area contributed by atoms with Gasteiger partial charge in [0.15, 0.2) is 0 Å². The van der Waals surface area contributed by atoms with Gasteiger partial charge in [0.05, 0.1) is 19.6 Å². The topological polar surface area (TPSA) is 301 Å². The molecule has 0 bridgehead atoms. The average molecular weight is 767 g/mol. The van der Waals surface area contributed by atoms with Crippen molar-refractivity contribution in [2.45, 2.75) is 109 Å². The minimum atomic E-state index is -1.72. The van der Waals surface area contributed by atoms with Crippen molar-refractivity contribution in [2.75, 3.05) is 13.2 Å². The summed E-state index contributed by atoms with van der Waals surface area (Å²) in [6.45, 7) is 7.36. The molecular weight excluding hydrogens is 711 g/mol. The van der Waals surface area contributed by atoms with Gasteiger partial charge in [0.1, 0.15) is 42.1 Å². The fourth-order valence-corrected chi connectivity index (χ4v) is 5.06. The molecule has 18 nitrogen and oxygen atoms in total. The van der Waals surface area contributed by atoms with Gasteiger partial charge in [-0.2, -0.15) is 0 Å². The van der Waals surface area contributed by atoms with Gasteiger partial charge in [-0.15, -0.1) is 0 Å². The van der Waals surface area contributed by atoms with Gasteiger partial charge in [0.25, 0.3) is 0 Å². The van der Waals surface area contributed by atoms with Gasteiger partial charge in [-0.3, -0.25) is 38.4 Å². The second kappa shape index (κ2) is 23.5. The first-order valence-corrected chi connectivity index (χ1v) is 17.7. The highest BCUT2D eigenvalue weighted by Crippen LogP contribution is 2.10. The lowest BCUT2D eigenvalue weighted by molar-refractivity contribution is -0.141. The van der Waals surface area contributed by atoms with E-state index in [1.807, 2.05) is 20.8 Å². The number of carboxylic acids is 1. The van der Waals surface area contributed by atoms with Crippen LogP contribution in [-0.4, -0.2) is 107 Å². The van der Waals surface area contributed by atoms with Gasteiger partial charge < -0.3 is 53.6 Å². The molecule has 0 aromatic heterocycles. The van der Waals surface area contributed by atoms with E-state index in [-0.39, 0.29) is 18.8 Å². The Bertz CT molecular complexity index is 1460. The molecule has 54 heavy (non-hydrogen) atoms. The lowest BCUT2D eigenvalue weighted by Crippen LogP contribution is -2.60. The molecule has 19 heteroatoms. The molecule has 1 rings (SSSR count). The number of aliphatic hydroxyl groups is 1. The minimum Gasteiger partial charge on any atom is -0.481 e. The number of hydrogen-bond acceptors (Lipinski definition) is 10. The quantitative estimate of drug-likeness (QED) is 0.0553. The Balaban J connectivity index is 3.16. The van der Waals surface area contributed by atoms with Gasteiger partial charge in [-0.25, -0.2) is 4.39 Å². The van der Waals surface area contributed by atoms with Gasteiger partial charge >= 0.3 is 5.97 Å². The number of hydrogen-bond donors (Lipinski definition) is 10. The summed E-state index contributed by atoms with van der Waals surface area (Å²) in [5.74, 6) is -8.60. The van der Waals surface area contributed by atoms with Crippen LogP contribution in [0.2, 0.25) is 0 Å². The third-order valence-corrected chi connectivity index (χ3v) is 8.07. The average Bonchev–Trinajstić information content (AvgIpc) is 3.09. The molecule has 0 spiro atoms. The molecule has 0 heterocycles. The number of halogens is 1. The van der Waals surface area contributed by atoms with E-state index in [0.29, 0.717) is 18.4 Å². The third kappa shape index (κ3) is 17.1. The lowest BCUT2D eigenvalue weighted by Gasteiger charge is -2.27. The molecule has 1 aromatic rings. The van der Waals surface area contributed by atoms with Crippen molar-refractivity contribution >= 4 is 47.3 Å². The molecule has 0 fully saturated rings. The summed E-state index contributed by atoms with van der Waals surface area (Å²) in [4.78, 5) is 102. The molecule has 7 amide bonds. The van der Waals surface area contributed by atoms with E-state index >= 15 is 0 Å². The van der Waals surface area contributed by atoms with Crippen LogP contribution in [0.15, 0.2) is 24.3 Å². The summed E-state index contributed by atoms with van der Waals surface area (Å²) in [7, 11) is 0. The van der Waals surface area contributed by atoms with Gasteiger partial charge in [-0.1, -0.05) is 59.6 Å². The lowest BCUT2D eigenvalue weighted by atomic mass is 10.0. The molecular formula is C35H55FN8O10. The van der Waals surface area contributed by atoms with Crippen LogP contribution in [0.25, 0.3) is 0 Å². The number of benzene rings is 1. The standard InChI is InChI=1S/C35H55FN8O10/c1-6-7-8-23(30(38)49)41-32(51)24(13-18(2)3)40-27(46)16-39-35(54)29(19(4)5)44-34(53)25(14-20-9-11-21(36)12-10-20)43-33(52)26(15-28(47)48)42-31(50)22(37)17-45/h9-12,18-19,22-26,29,45H,6-8,13-17,37H2,1-5H3,(H2,38,49)(H,39,54)(H,40,46)(H,41,51)(H,42,50)(H,43,52)(H,44,53)(H,47,48)/t22-,23-,24-,25-,26-,29-/m0/s1. The Labute approximate surface area is 313 Å². The largest absolute Gasteiger partial charge is 0.481 e. The first kappa shape index (κ1) is 46.9. The number of carboxylic acid groups (broad SMARTS) is 1. The number of aliphatic carboxylic acids is 1. The van der Waals surface area contributed by atoms with E-state index in [0.717, 1.165) is 18.6 Å². The Kier molecular flexibility index (Phi) is 20.4. The fraction of sp³-hybridized carbons (Fsp3) is 0.600. The predicted molar refractivity (Wildman–Crippen MR) is 193 cm³/mol. The molecule has 12 N–H and O–H groups in total. The first-order valence-electron chi connectivity index (χ1n) is 17.7. The maximum atomic E-state index is 13.7. The van der Waals surface area contributed by atoms with E-state index in [2.05, 4.69) is 31.9 Å². The highest BCUT2D eigenvalue weighted by molar-refractivity contribution is 5.97. The van der Waals surface area contributed by atoms with E-state index in [4.69, 9.17) is 11.5 Å². The zero-order valence-electron chi connectivity index (χ0n) is 31.3. The van der Waals surface area contributed by atoms with E-state index in [9.17, 15) is 53.0 Å². The molecule has 0 aliphatic carbocycles. The monoisotopic (exact) mass is 766 g/mol. The Morgan fingerprint density at radius 3 is 1.83 bits per heavy atom. The Morgan fingerprint density at radius 1 is 0.759 bits per heavy atom. The smallest absolute Gasteiger partial charge is 0.305 e. The molecule has 0 radical (unpaired) electrons. The molecule has 302 valence electrons. The predicted octanol–water partition coefficient (Wildman–Crippen LogP) is -1.92. The molecule has 0 unspecified atom stereocenters. The van der Waals surface area contributed by atoms with Crippen molar-refractivity contribution in [3.05, 3.63) is 35.6 Å². The highest BCUT2D eigenvalue weighted by atomic mass is 19.1. The number of carbonyl (C=O) groups excluding carboxylic acids is 7. The van der Waals surface area contributed by atoms with Gasteiger partial charge in [0, 0.05) is 6.42 Å². The number of unbranched alkanes of at least 4 members (excludes halogenated alkanes) is 1. The van der Waals surface area contributed by atoms with Crippen molar-refractivity contribution in [3.63, 3.8) is 0 Å². The molecule has 6 atom stereocenters. The summed E-state index contributed by atoms with van der Waals surface area (Å²) in [5, 5.41) is 33.1. The van der Waals surface area contributed by atoms with Crippen LogP contribution in [0.1, 0.15) is 72.3 Å². The summed E-state index contributed by atoms with van der Waals surface area (Å²) in [6.07, 6.45) is 0.766. The van der Waals surface area contributed by atoms with Crippen LogP contribution in [0.5, 0.6) is 0 Å². The van der Waals surface area contributed by atoms with E-state index in [1.54, 1.807) is 13.8 Å². The second-order valence-corrected chi connectivity index (χ2v) is 13.6. The number of nitrogens with two attached hydrogens (primary N) is 2.